The monoisotopic (exact) mass is 940 g/mol. The van der Waals surface area contributed by atoms with Crippen LogP contribution >= 0.6 is 0 Å². The van der Waals surface area contributed by atoms with E-state index in [9.17, 15) is 39.9 Å². The average Bonchev–Trinajstić information content (AvgIpc) is 3.26. The van der Waals surface area contributed by atoms with E-state index in [2.05, 4.69) is 0 Å². The van der Waals surface area contributed by atoms with Gasteiger partial charge in [0.2, 0.25) is 5.78 Å². The Morgan fingerprint density at radius 2 is 1.33 bits per heavy atom. The lowest BCUT2D eigenvalue weighted by Crippen LogP contribution is -2.62. The Balaban J connectivity index is 1.02. The van der Waals surface area contributed by atoms with E-state index in [4.69, 9.17) is 42.6 Å². The standard InChI is InChI=1S/C48H64N2O17/c1-10-48(58)18-30(64-31-15-25(50(8)9)44(21(4)60-31)65-33-17-28-45(22(5)61-33)67-47-29(63-28)16-27(52)19(2)62-47)35-38(46(48)66-32-14-24(49(6)7)39(53)20(3)59-32)43(57)36-37(42(35)56)41(55)34-23(40(36)54)12-11-13-26(34)51/h11-13,19-22,24-25,28-33,39,44-47,51,53,56-58H,10,14-18H2,1-9H3/t19-,20-,21-,22-,24-,25-,28-,29-,30+,31-,32-,33-,39+,44+,45+,46+,47+,48-/m0/s1. The highest BCUT2D eigenvalue weighted by molar-refractivity contribution is 6.31. The number of aliphatic hydroxyl groups is 2. The van der Waals surface area contributed by atoms with E-state index >= 15 is 0 Å². The van der Waals surface area contributed by atoms with Crippen LogP contribution in [0, 0.1) is 0 Å². The van der Waals surface area contributed by atoms with Gasteiger partial charge in [-0.15, -0.1) is 0 Å². The number of likely N-dealkylation sites (N-methyl/N-ethyl adjacent to an activating group) is 2. The summed E-state index contributed by atoms with van der Waals surface area (Å²) in [7, 11) is 7.41. The van der Waals surface area contributed by atoms with Crippen molar-refractivity contribution in [2.45, 2.75) is 183 Å². The molecule has 9 rings (SSSR count). The minimum atomic E-state index is -1.83. The fourth-order valence-electron chi connectivity index (χ4n) is 11.3. The molecule has 5 aliphatic heterocycles. The molecule has 5 heterocycles. The van der Waals surface area contributed by atoms with Crippen LogP contribution in [0.25, 0.3) is 0 Å². The van der Waals surface area contributed by atoms with Gasteiger partial charge in [-0.05, 0) is 68.4 Å². The van der Waals surface area contributed by atoms with Gasteiger partial charge in [0.1, 0.15) is 47.8 Å². The molecule has 0 spiro atoms. The number of carbonyl (C=O) groups is 3. The van der Waals surface area contributed by atoms with Gasteiger partial charge < -0.3 is 78.0 Å². The van der Waals surface area contributed by atoms with Crippen LogP contribution in [-0.2, 0) is 47.4 Å². The molecule has 2 aliphatic carbocycles. The lowest BCUT2D eigenvalue weighted by molar-refractivity contribution is -0.371. The molecule has 0 amide bonds. The lowest BCUT2D eigenvalue weighted by atomic mass is 9.70. The van der Waals surface area contributed by atoms with Gasteiger partial charge in [-0.25, -0.2) is 0 Å². The summed E-state index contributed by atoms with van der Waals surface area (Å²) in [4.78, 5) is 44.8. The number of phenols is 3. The van der Waals surface area contributed by atoms with Crippen LogP contribution < -0.4 is 0 Å². The Hall–Kier alpha value is -3.67. The van der Waals surface area contributed by atoms with E-state index in [0.29, 0.717) is 6.42 Å². The number of hydrogen-bond donors (Lipinski definition) is 5. The highest BCUT2D eigenvalue weighted by Crippen LogP contribution is 2.58. The Bertz CT molecular complexity index is 2260. The number of aliphatic hydroxyl groups excluding tert-OH is 1. The molecule has 0 saturated carbocycles. The van der Waals surface area contributed by atoms with E-state index in [1.807, 2.05) is 51.8 Å². The summed E-state index contributed by atoms with van der Waals surface area (Å²) in [6.45, 7) is 8.84. The van der Waals surface area contributed by atoms with Gasteiger partial charge >= 0.3 is 0 Å². The van der Waals surface area contributed by atoms with Crippen molar-refractivity contribution in [3.8, 4) is 17.2 Å². The maximum Gasteiger partial charge on any atom is 0.202 e. The Morgan fingerprint density at radius 3 is 2.03 bits per heavy atom. The molecule has 19 heteroatoms. The van der Waals surface area contributed by atoms with E-state index in [1.54, 1.807) is 20.8 Å². The largest absolute Gasteiger partial charge is 0.507 e. The fraction of sp³-hybridized carbons (Fsp3) is 0.688. The van der Waals surface area contributed by atoms with Crippen LogP contribution in [0.4, 0.5) is 0 Å². The minimum Gasteiger partial charge on any atom is -0.507 e. The molecule has 7 aliphatic rings. The Labute approximate surface area is 389 Å². The molecular formula is C48H64N2O17. The number of ketones is 3. The normalized spacial score (nSPS) is 40.8. The number of phenolic OH excluding ortho intramolecular Hbond substituents is 3. The first kappa shape index (κ1) is 48.4. The van der Waals surface area contributed by atoms with Crippen molar-refractivity contribution in [2.24, 2.45) is 0 Å². The third-order valence-electron chi connectivity index (χ3n) is 15.0. The molecule has 5 fully saturated rings. The van der Waals surface area contributed by atoms with E-state index < -0.39 is 144 Å². The summed E-state index contributed by atoms with van der Waals surface area (Å²) in [6.07, 6.45) is -10.6. The van der Waals surface area contributed by atoms with E-state index in [-0.39, 0.29) is 66.2 Å². The highest BCUT2D eigenvalue weighted by atomic mass is 16.8. The van der Waals surface area contributed by atoms with Crippen molar-refractivity contribution in [1.82, 2.24) is 9.80 Å². The maximum atomic E-state index is 14.3. The van der Waals surface area contributed by atoms with Crippen LogP contribution in [-0.4, -0.2) is 179 Å². The van der Waals surface area contributed by atoms with Gasteiger partial charge in [0, 0.05) is 60.9 Å². The second kappa shape index (κ2) is 18.3. The second-order valence-corrected chi connectivity index (χ2v) is 19.7. The summed E-state index contributed by atoms with van der Waals surface area (Å²) in [5.74, 6) is -3.62. The molecule has 0 unspecified atom stereocenters. The topological polar surface area (TPSA) is 242 Å². The SMILES string of the molecule is CC[C@]1(O)C[C@@H](O[C@H]2C[C@H](N(C)C)[C@H](O[C@H]3C[C@@H]4O[C@H]5CC(=O)[C@H](C)O[C@@H]5O[C@@H]4[C@H](C)O3)[C@H](C)O2)c2c(O)c3c(c(O)c2[C@H]1O[C@H]1C[C@H](N(C)C)[C@H](O)[C@H](C)O1)C(=O)c1cccc(O)c1C3=O. The molecule has 0 radical (unpaired) electrons. The minimum absolute atomic E-state index is 0.0400. The van der Waals surface area contributed by atoms with Gasteiger partial charge in [-0.3, -0.25) is 14.4 Å². The van der Waals surface area contributed by atoms with Crippen LogP contribution in [0.3, 0.4) is 0 Å². The van der Waals surface area contributed by atoms with Gasteiger partial charge in [0.25, 0.3) is 0 Å². The summed E-state index contributed by atoms with van der Waals surface area (Å²) < 4.78 is 57.6. The predicted molar refractivity (Wildman–Crippen MR) is 232 cm³/mol. The number of aromatic hydroxyl groups is 3. The molecular weight excluding hydrogens is 877 g/mol. The summed E-state index contributed by atoms with van der Waals surface area (Å²) in [5, 5.41) is 59.3. The number of fused-ring (bicyclic) bond motifs is 5. The zero-order valence-electron chi connectivity index (χ0n) is 39.3. The van der Waals surface area contributed by atoms with E-state index in [0.717, 1.165) is 0 Å². The fourth-order valence-corrected chi connectivity index (χ4v) is 11.3. The third kappa shape index (κ3) is 8.40. The molecule has 5 saturated heterocycles. The summed E-state index contributed by atoms with van der Waals surface area (Å²) in [6, 6.07) is 3.25. The first-order valence-corrected chi connectivity index (χ1v) is 23.4. The third-order valence-corrected chi connectivity index (χ3v) is 15.0. The van der Waals surface area contributed by atoms with E-state index in [1.165, 1.54) is 18.2 Å². The van der Waals surface area contributed by atoms with Gasteiger partial charge in [-0.1, -0.05) is 19.1 Å². The van der Waals surface area contributed by atoms with Crippen molar-refractivity contribution < 1.29 is 82.5 Å². The quantitative estimate of drug-likeness (QED) is 0.194. The molecule has 0 aromatic heterocycles. The van der Waals surface area contributed by atoms with Crippen LogP contribution in [0.15, 0.2) is 18.2 Å². The molecule has 5 N–H and O–H groups in total. The number of rotatable bonds is 9. The number of benzene rings is 2. The Morgan fingerprint density at radius 1 is 0.701 bits per heavy atom. The molecule has 19 nitrogen and oxygen atoms in total. The molecule has 67 heavy (non-hydrogen) atoms. The maximum absolute atomic E-state index is 14.3. The van der Waals surface area contributed by atoms with Crippen LogP contribution in [0.2, 0.25) is 0 Å². The first-order chi connectivity index (χ1) is 31.7. The first-order valence-electron chi connectivity index (χ1n) is 23.4. The Kier molecular flexibility index (Phi) is 13.2. The van der Waals surface area contributed by atoms with Crippen LogP contribution in [0.1, 0.15) is 128 Å². The van der Waals surface area contributed by atoms with Gasteiger partial charge in [0.15, 0.2) is 36.7 Å². The number of carbonyl (C=O) groups excluding carboxylic acids is 3. The van der Waals surface area contributed by atoms with Crippen molar-refractivity contribution in [3.05, 3.63) is 51.6 Å². The number of ether oxygens (including phenoxy) is 9. The smallest absolute Gasteiger partial charge is 0.202 e. The summed E-state index contributed by atoms with van der Waals surface area (Å²) >= 11 is 0. The lowest BCUT2D eigenvalue weighted by Gasteiger charge is -2.51. The highest BCUT2D eigenvalue weighted by Gasteiger charge is 2.56. The summed E-state index contributed by atoms with van der Waals surface area (Å²) in [5.41, 5.74) is -3.62. The average molecular weight is 941 g/mol. The number of hydrogen-bond acceptors (Lipinski definition) is 19. The van der Waals surface area contributed by atoms with Crippen molar-refractivity contribution in [2.75, 3.05) is 28.2 Å². The van der Waals surface area contributed by atoms with Crippen molar-refractivity contribution >= 4 is 17.3 Å². The second-order valence-electron chi connectivity index (χ2n) is 19.7. The van der Waals surface area contributed by atoms with Crippen molar-refractivity contribution in [1.29, 1.82) is 0 Å². The molecule has 0 bridgehead atoms. The van der Waals surface area contributed by atoms with Crippen molar-refractivity contribution in [3.63, 3.8) is 0 Å². The zero-order valence-corrected chi connectivity index (χ0v) is 39.3. The van der Waals surface area contributed by atoms with Crippen LogP contribution in [0.5, 0.6) is 17.2 Å². The molecule has 2 aromatic carbocycles. The number of Topliss-reactive ketones (excluding diaryl/α,β-unsaturated/α-hetero) is 1. The molecule has 18 atom stereocenters. The zero-order chi connectivity index (χ0) is 48.1. The number of nitrogens with zero attached hydrogens (tertiary/aromatic N) is 2. The predicted octanol–water partition coefficient (Wildman–Crippen LogP) is 3.11. The van der Waals surface area contributed by atoms with Gasteiger partial charge in [-0.2, -0.15) is 0 Å². The van der Waals surface area contributed by atoms with Gasteiger partial charge in [0.05, 0.1) is 58.9 Å². The molecule has 368 valence electrons. The molecule has 2 aromatic rings.